The second kappa shape index (κ2) is 6.46. The Morgan fingerprint density at radius 1 is 1.14 bits per heavy atom. The van der Waals surface area contributed by atoms with Gasteiger partial charge in [-0.3, -0.25) is 9.59 Å². The van der Waals surface area contributed by atoms with Crippen molar-refractivity contribution in [3.8, 4) is 0 Å². The summed E-state index contributed by atoms with van der Waals surface area (Å²) in [5.74, 6) is -1.14. The highest BCUT2D eigenvalue weighted by atomic mass is 16.4. The van der Waals surface area contributed by atoms with E-state index in [-0.39, 0.29) is 23.8 Å². The first-order valence-corrected chi connectivity index (χ1v) is 8.01. The number of likely N-dealkylation sites (tertiary alicyclic amines) is 1. The molecule has 1 aromatic rings. The van der Waals surface area contributed by atoms with Crippen LogP contribution in [0.1, 0.15) is 44.6 Å². The van der Waals surface area contributed by atoms with Gasteiger partial charge in [-0.25, -0.2) is 9.67 Å². The fraction of sp³-hybridized carbons (Fsp3) is 0.733. The topological polar surface area (TPSA) is 88.3 Å². The van der Waals surface area contributed by atoms with Gasteiger partial charge in [0, 0.05) is 19.0 Å². The van der Waals surface area contributed by atoms with Crippen molar-refractivity contribution in [3.63, 3.8) is 0 Å². The van der Waals surface area contributed by atoms with E-state index in [2.05, 4.69) is 10.1 Å². The average molecular weight is 306 g/mol. The molecular weight excluding hydrogens is 284 g/mol. The molecule has 7 heteroatoms. The van der Waals surface area contributed by atoms with Crippen molar-refractivity contribution in [3.05, 3.63) is 12.7 Å². The number of carbonyl (C=O) groups excluding carboxylic acids is 1. The van der Waals surface area contributed by atoms with E-state index in [1.165, 1.54) is 6.33 Å². The van der Waals surface area contributed by atoms with Gasteiger partial charge >= 0.3 is 5.97 Å². The van der Waals surface area contributed by atoms with Gasteiger partial charge in [0.25, 0.3) is 0 Å². The molecule has 1 amide bonds. The first-order valence-electron chi connectivity index (χ1n) is 8.01. The fourth-order valence-electron chi connectivity index (χ4n) is 3.67. The van der Waals surface area contributed by atoms with Crippen molar-refractivity contribution in [1.82, 2.24) is 19.7 Å². The molecule has 3 unspecified atom stereocenters. The molecule has 0 radical (unpaired) electrons. The predicted octanol–water partition coefficient (Wildman–Crippen LogP) is 1.33. The highest BCUT2D eigenvalue weighted by Gasteiger charge is 2.35. The van der Waals surface area contributed by atoms with Crippen LogP contribution in [0.5, 0.6) is 0 Å². The number of aliphatic carboxylic acids is 1. The van der Waals surface area contributed by atoms with Crippen LogP contribution < -0.4 is 0 Å². The van der Waals surface area contributed by atoms with Crippen LogP contribution >= 0.6 is 0 Å². The molecule has 1 saturated heterocycles. The largest absolute Gasteiger partial charge is 0.481 e. The van der Waals surface area contributed by atoms with Gasteiger partial charge in [-0.05, 0) is 32.1 Å². The minimum Gasteiger partial charge on any atom is -0.481 e. The van der Waals surface area contributed by atoms with Gasteiger partial charge in [0.2, 0.25) is 5.91 Å². The Labute approximate surface area is 129 Å². The standard InChI is InChI=1S/C15H22N4O3/c20-14(11-3-1-4-12(7-11)15(21)22)18-6-2-5-13(8-18)19-10-16-9-17-19/h9-13H,1-8H2,(H,21,22). The summed E-state index contributed by atoms with van der Waals surface area (Å²) in [5, 5.41) is 13.3. The monoisotopic (exact) mass is 306 g/mol. The van der Waals surface area contributed by atoms with Crippen molar-refractivity contribution in [2.75, 3.05) is 13.1 Å². The summed E-state index contributed by atoms with van der Waals surface area (Å²) in [6.07, 6.45) is 7.97. The Bertz CT molecular complexity index is 531. The molecule has 0 spiro atoms. The van der Waals surface area contributed by atoms with Crippen LogP contribution in [-0.2, 0) is 9.59 Å². The molecule has 1 aromatic heterocycles. The van der Waals surface area contributed by atoms with E-state index < -0.39 is 5.97 Å². The van der Waals surface area contributed by atoms with Crippen LogP contribution in [0.2, 0.25) is 0 Å². The molecule has 120 valence electrons. The van der Waals surface area contributed by atoms with Gasteiger partial charge in [-0.15, -0.1) is 0 Å². The molecule has 7 nitrogen and oxygen atoms in total. The summed E-state index contributed by atoms with van der Waals surface area (Å²) < 4.78 is 1.82. The van der Waals surface area contributed by atoms with Crippen LogP contribution in [0.4, 0.5) is 0 Å². The zero-order valence-corrected chi connectivity index (χ0v) is 12.6. The summed E-state index contributed by atoms with van der Waals surface area (Å²) in [4.78, 5) is 29.8. The number of rotatable bonds is 3. The van der Waals surface area contributed by atoms with Gasteiger partial charge in [0.15, 0.2) is 0 Å². The molecule has 3 atom stereocenters. The highest BCUT2D eigenvalue weighted by molar-refractivity contribution is 5.80. The zero-order chi connectivity index (χ0) is 15.5. The van der Waals surface area contributed by atoms with E-state index >= 15 is 0 Å². The van der Waals surface area contributed by atoms with Gasteiger partial charge in [-0.2, -0.15) is 5.10 Å². The van der Waals surface area contributed by atoms with Gasteiger partial charge in [-0.1, -0.05) is 6.42 Å². The summed E-state index contributed by atoms with van der Waals surface area (Å²) >= 11 is 0. The van der Waals surface area contributed by atoms with Gasteiger partial charge < -0.3 is 10.0 Å². The highest BCUT2D eigenvalue weighted by Crippen LogP contribution is 2.32. The Morgan fingerprint density at radius 2 is 1.95 bits per heavy atom. The third-order valence-corrected chi connectivity index (χ3v) is 4.89. The second-order valence-electron chi connectivity index (χ2n) is 6.35. The molecule has 0 aromatic carbocycles. The number of nitrogens with zero attached hydrogens (tertiary/aromatic N) is 4. The summed E-state index contributed by atoms with van der Waals surface area (Å²) in [6.45, 7) is 1.41. The number of carboxylic acid groups (broad SMARTS) is 1. The first-order chi connectivity index (χ1) is 10.6. The predicted molar refractivity (Wildman–Crippen MR) is 78.0 cm³/mol. The Balaban J connectivity index is 1.63. The van der Waals surface area contributed by atoms with Crippen LogP contribution in [0.25, 0.3) is 0 Å². The molecule has 22 heavy (non-hydrogen) atoms. The molecule has 2 fully saturated rings. The molecule has 1 N–H and O–H groups in total. The fourth-order valence-corrected chi connectivity index (χ4v) is 3.67. The molecule has 2 aliphatic rings. The number of aromatic nitrogens is 3. The molecule has 1 aliphatic carbocycles. The lowest BCUT2D eigenvalue weighted by molar-refractivity contribution is -0.146. The Kier molecular flexibility index (Phi) is 4.40. The number of carbonyl (C=O) groups is 2. The average Bonchev–Trinajstić information content (AvgIpc) is 3.09. The van der Waals surface area contributed by atoms with Crippen molar-refractivity contribution in [2.45, 2.75) is 44.6 Å². The number of hydrogen-bond donors (Lipinski definition) is 1. The minimum absolute atomic E-state index is 0.121. The van der Waals surface area contributed by atoms with Gasteiger partial charge in [0.05, 0.1) is 12.0 Å². The van der Waals surface area contributed by atoms with Gasteiger partial charge in [0.1, 0.15) is 12.7 Å². The van der Waals surface area contributed by atoms with Crippen LogP contribution in [-0.4, -0.2) is 49.7 Å². The molecule has 3 rings (SSSR count). The van der Waals surface area contributed by atoms with Crippen molar-refractivity contribution < 1.29 is 14.7 Å². The van der Waals surface area contributed by atoms with E-state index in [1.807, 2.05) is 9.58 Å². The molecule has 1 aliphatic heterocycles. The normalized spacial score (nSPS) is 29.3. The second-order valence-corrected chi connectivity index (χ2v) is 6.35. The lowest BCUT2D eigenvalue weighted by atomic mass is 9.80. The Morgan fingerprint density at radius 3 is 2.68 bits per heavy atom. The summed E-state index contributed by atoms with van der Waals surface area (Å²) in [7, 11) is 0. The van der Waals surface area contributed by atoms with Crippen LogP contribution in [0.3, 0.4) is 0 Å². The van der Waals surface area contributed by atoms with E-state index in [9.17, 15) is 14.7 Å². The van der Waals surface area contributed by atoms with Crippen molar-refractivity contribution in [1.29, 1.82) is 0 Å². The third kappa shape index (κ3) is 3.13. The Hall–Kier alpha value is -1.92. The zero-order valence-electron chi connectivity index (χ0n) is 12.6. The number of piperidine rings is 1. The maximum Gasteiger partial charge on any atom is 0.306 e. The molecule has 1 saturated carbocycles. The van der Waals surface area contributed by atoms with E-state index in [0.717, 1.165) is 32.2 Å². The van der Waals surface area contributed by atoms with E-state index in [1.54, 1.807) is 6.33 Å². The summed E-state index contributed by atoms with van der Waals surface area (Å²) in [5.41, 5.74) is 0. The van der Waals surface area contributed by atoms with Crippen LogP contribution in [0, 0.1) is 11.8 Å². The molecular formula is C15H22N4O3. The number of amides is 1. The lowest BCUT2D eigenvalue weighted by Crippen LogP contribution is -2.45. The SMILES string of the molecule is O=C(O)C1CCCC(C(=O)N2CCCC(n3cncn3)C2)C1. The van der Waals surface area contributed by atoms with E-state index in [4.69, 9.17) is 0 Å². The van der Waals surface area contributed by atoms with Crippen molar-refractivity contribution >= 4 is 11.9 Å². The smallest absolute Gasteiger partial charge is 0.306 e. The van der Waals surface area contributed by atoms with Crippen LogP contribution in [0.15, 0.2) is 12.7 Å². The lowest BCUT2D eigenvalue weighted by Gasteiger charge is -2.36. The van der Waals surface area contributed by atoms with Crippen molar-refractivity contribution in [2.24, 2.45) is 11.8 Å². The summed E-state index contributed by atoms with van der Waals surface area (Å²) in [6, 6.07) is 0.180. The maximum atomic E-state index is 12.7. The van der Waals surface area contributed by atoms with E-state index in [0.29, 0.717) is 19.4 Å². The maximum absolute atomic E-state index is 12.7. The quantitative estimate of drug-likeness (QED) is 0.910. The number of carboxylic acids is 1. The molecule has 0 bridgehead atoms. The third-order valence-electron chi connectivity index (χ3n) is 4.89. The first kappa shape index (κ1) is 15.0. The minimum atomic E-state index is -0.767. The molecule has 2 heterocycles. The number of hydrogen-bond acceptors (Lipinski definition) is 4.